The Balaban J connectivity index is 1.60. The monoisotopic (exact) mass is 367 g/mol. The molecule has 0 aliphatic carbocycles. The van der Waals surface area contributed by atoms with Crippen LogP contribution in [0.4, 0.5) is 5.69 Å². The first kappa shape index (κ1) is 17.4. The number of thiocarbonyl (C=S) groups is 1. The number of nitrogens with zero attached hydrogens (tertiary/aromatic N) is 2. The molecule has 1 heterocycles. The number of aromatic hydroxyl groups is 1. The van der Waals surface area contributed by atoms with Crippen LogP contribution in [0, 0.1) is 6.92 Å². The van der Waals surface area contributed by atoms with Gasteiger partial charge in [0.1, 0.15) is 0 Å². The van der Waals surface area contributed by atoms with Crippen LogP contribution in [0.1, 0.15) is 16.1 Å². The van der Waals surface area contributed by atoms with Crippen LogP contribution >= 0.6 is 12.2 Å². The Bertz CT molecular complexity index is 923. The van der Waals surface area contributed by atoms with E-state index in [1.807, 2.05) is 61.5 Å². The van der Waals surface area contributed by atoms with E-state index >= 15 is 0 Å². The molecule has 1 aromatic heterocycles. The third-order valence-electron chi connectivity index (χ3n) is 3.53. The summed E-state index contributed by atoms with van der Waals surface area (Å²) in [5.41, 5.74) is 7.53. The third kappa shape index (κ3) is 4.17. The van der Waals surface area contributed by atoms with E-state index in [0.717, 1.165) is 16.9 Å². The molecule has 132 valence electrons. The van der Waals surface area contributed by atoms with Crippen LogP contribution in [0.15, 0.2) is 60.8 Å². The zero-order chi connectivity index (χ0) is 18.5. The second kappa shape index (κ2) is 7.66. The van der Waals surface area contributed by atoms with Crippen LogP contribution in [0.5, 0.6) is 5.75 Å². The zero-order valence-electron chi connectivity index (χ0n) is 13.9. The molecule has 0 saturated heterocycles. The van der Waals surface area contributed by atoms with Gasteiger partial charge in [-0.25, -0.2) is 4.68 Å². The molecule has 26 heavy (non-hydrogen) atoms. The lowest BCUT2D eigenvalue weighted by Crippen LogP contribution is -2.43. The van der Waals surface area contributed by atoms with Gasteiger partial charge < -0.3 is 10.4 Å². The van der Waals surface area contributed by atoms with E-state index in [1.165, 1.54) is 10.9 Å². The fourth-order valence-electron chi connectivity index (χ4n) is 2.21. The van der Waals surface area contributed by atoms with E-state index in [4.69, 9.17) is 12.2 Å². The molecule has 0 atom stereocenters. The molecule has 2 aromatic carbocycles. The van der Waals surface area contributed by atoms with Crippen LogP contribution in [-0.2, 0) is 0 Å². The lowest BCUT2D eigenvalue weighted by atomic mass is 10.2. The van der Waals surface area contributed by atoms with E-state index in [9.17, 15) is 9.90 Å². The van der Waals surface area contributed by atoms with Crippen molar-refractivity contribution >= 4 is 28.9 Å². The van der Waals surface area contributed by atoms with Crippen molar-refractivity contribution < 1.29 is 9.90 Å². The van der Waals surface area contributed by atoms with E-state index in [-0.39, 0.29) is 16.6 Å². The average Bonchev–Trinajstić information content (AvgIpc) is 3.04. The lowest BCUT2D eigenvalue weighted by Gasteiger charge is -2.11. The molecule has 0 unspecified atom stereocenters. The van der Waals surface area contributed by atoms with Gasteiger partial charge in [-0.05, 0) is 43.4 Å². The van der Waals surface area contributed by atoms with Gasteiger partial charge in [0.15, 0.2) is 16.6 Å². The van der Waals surface area contributed by atoms with Crippen molar-refractivity contribution in [3.63, 3.8) is 0 Å². The number of anilines is 1. The fourth-order valence-corrected chi connectivity index (χ4v) is 2.38. The van der Waals surface area contributed by atoms with Gasteiger partial charge in [-0.3, -0.25) is 15.6 Å². The predicted octanol–water partition coefficient (Wildman–Crippen LogP) is 2.52. The maximum absolute atomic E-state index is 12.2. The summed E-state index contributed by atoms with van der Waals surface area (Å²) in [6, 6.07) is 16.8. The number of benzene rings is 2. The Morgan fingerprint density at radius 2 is 1.77 bits per heavy atom. The Hall–Kier alpha value is -3.39. The predicted molar refractivity (Wildman–Crippen MR) is 103 cm³/mol. The normalized spacial score (nSPS) is 10.2. The van der Waals surface area contributed by atoms with Crippen LogP contribution < -0.4 is 16.2 Å². The van der Waals surface area contributed by atoms with E-state index in [1.54, 1.807) is 0 Å². The number of carbonyl (C=O) groups excluding carboxylic acids is 1. The molecule has 1 amide bonds. The number of nitrogens with one attached hydrogen (secondary N) is 3. The fraction of sp³-hybridized carbons (Fsp3) is 0.0556. The van der Waals surface area contributed by atoms with Crippen molar-refractivity contribution in [3.05, 3.63) is 72.1 Å². The molecule has 3 rings (SSSR count). The van der Waals surface area contributed by atoms with Crippen molar-refractivity contribution in [1.82, 2.24) is 20.6 Å². The molecule has 4 N–H and O–H groups in total. The average molecular weight is 367 g/mol. The molecule has 0 radical (unpaired) electrons. The van der Waals surface area contributed by atoms with Gasteiger partial charge in [0, 0.05) is 5.69 Å². The minimum absolute atomic E-state index is 0.112. The number of carbonyl (C=O) groups is 1. The highest BCUT2D eigenvalue weighted by Gasteiger charge is 2.17. The molecule has 0 fully saturated rings. The van der Waals surface area contributed by atoms with Crippen molar-refractivity contribution in [3.8, 4) is 11.4 Å². The largest absolute Gasteiger partial charge is 0.504 e. The van der Waals surface area contributed by atoms with Crippen molar-refractivity contribution in [2.45, 2.75) is 6.92 Å². The summed E-state index contributed by atoms with van der Waals surface area (Å²) in [4.78, 5) is 12.2. The van der Waals surface area contributed by atoms with Crippen LogP contribution in [0.2, 0.25) is 0 Å². The second-order valence-corrected chi connectivity index (χ2v) is 5.95. The molecular formula is C18H17N5O2S. The summed E-state index contributed by atoms with van der Waals surface area (Å²) in [5.74, 6) is -0.837. The molecule has 0 spiro atoms. The molecular weight excluding hydrogens is 350 g/mol. The zero-order valence-corrected chi connectivity index (χ0v) is 14.7. The van der Waals surface area contributed by atoms with Crippen LogP contribution in [-0.4, -0.2) is 25.9 Å². The summed E-state index contributed by atoms with van der Waals surface area (Å²) < 4.78 is 1.42. The number of aromatic nitrogens is 2. The van der Waals surface area contributed by atoms with Gasteiger partial charge in [0.25, 0.3) is 5.91 Å². The van der Waals surface area contributed by atoms with Gasteiger partial charge >= 0.3 is 0 Å². The number of para-hydroxylation sites is 1. The summed E-state index contributed by atoms with van der Waals surface area (Å²) in [5, 5.41) is 17.2. The van der Waals surface area contributed by atoms with E-state index in [0.29, 0.717) is 0 Å². The first-order valence-corrected chi connectivity index (χ1v) is 8.22. The SMILES string of the molecule is Cc1ccc(NC(=S)NNC(=O)c2nn(-c3ccccc3)cc2O)cc1. The first-order valence-electron chi connectivity index (χ1n) is 7.81. The Morgan fingerprint density at radius 3 is 2.46 bits per heavy atom. The van der Waals surface area contributed by atoms with Gasteiger partial charge in [0.05, 0.1) is 11.9 Å². The van der Waals surface area contributed by atoms with Crippen LogP contribution in [0.25, 0.3) is 5.69 Å². The lowest BCUT2D eigenvalue weighted by molar-refractivity contribution is 0.0936. The topological polar surface area (TPSA) is 91.2 Å². The Morgan fingerprint density at radius 1 is 1.08 bits per heavy atom. The van der Waals surface area contributed by atoms with E-state index in [2.05, 4.69) is 21.3 Å². The summed E-state index contributed by atoms with van der Waals surface area (Å²) in [6.07, 6.45) is 1.37. The van der Waals surface area contributed by atoms with Gasteiger partial charge in [-0.1, -0.05) is 35.9 Å². The molecule has 0 saturated carbocycles. The minimum atomic E-state index is -0.606. The summed E-state index contributed by atoms with van der Waals surface area (Å²) >= 11 is 5.13. The number of hydrogen-bond donors (Lipinski definition) is 4. The number of hydrazine groups is 1. The molecule has 3 aromatic rings. The Labute approximate surface area is 155 Å². The first-order chi connectivity index (χ1) is 12.5. The van der Waals surface area contributed by atoms with Gasteiger partial charge in [-0.15, -0.1) is 0 Å². The maximum Gasteiger partial charge on any atom is 0.294 e. The molecule has 0 bridgehead atoms. The number of aryl methyl sites for hydroxylation is 1. The highest BCUT2D eigenvalue weighted by Crippen LogP contribution is 2.17. The quantitative estimate of drug-likeness (QED) is 0.420. The molecule has 0 aliphatic heterocycles. The van der Waals surface area contributed by atoms with Crippen molar-refractivity contribution in [1.29, 1.82) is 0 Å². The molecule has 7 nitrogen and oxygen atoms in total. The van der Waals surface area contributed by atoms with Crippen molar-refractivity contribution in [2.75, 3.05) is 5.32 Å². The summed E-state index contributed by atoms with van der Waals surface area (Å²) in [6.45, 7) is 1.99. The molecule has 0 aliphatic rings. The number of rotatable bonds is 3. The van der Waals surface area contributed by atoms with Crippen LogP contribution in [0.3, 0.4) is 0 Å². The Kier molecular flexibility index (Phi) is 5.14. The standard InChI is InChI=1S/C18H17N5O2S/c1-12-7-9-13(10-8-12)19-18(26)21-20-17(25)16-15(24)11-23(22-16)14-5-3-2-4-6-14/h2-11,24H,1H3,(H,20,25)(H2,19,21,26). The van der Waals surface area contributed by atoms with Gasteiger partial charge in [-0.2, -0.15) is 5.10 Å². The highest BCUT2D eigenvalue weighted by molar-refractivity contribution is 7.80. The van der Waals surface area contributed by atoms with Gasteiger partial charge in [0.2, 0.25) is 0 Å². The second-order valence-electron chi connectivity index (χ2n) is 5.54. The smallest absolute Gasteiger partial charge is 0.294 e. The van der Waals surface area contributed by atoms with E-state index < -0.39 is 5.91 Å². The maximum atomic E-state index is 12.2. The van der Waals surface area contributed by atoms with Crippen molar-refractivity contribution in [2.24, 2.45) is 0 Å². The third-order valence-corrected chi connectivity index (χ3v) is 3.73. The number of amides is 1. The molecule has 8 heteroatoms. The summed E-state index contributed by atoms with van der Waals surface area (Å²) in [7, 11) is 0. The number of hydrogen-bond acceptors (Lipinski definition) is 4. The highest BCUT2D eigenvalue weighted by atomic mass is 32.1. The minimum Gasteiger partial charge on any atom is -0.504 e.